The maximum atomic E-state index is 12.7. The number of methoxy groups -OCH3 is 1. The molecule has 0 bridgehead atoms. The summed E-state index contributed by atoms with van der Waals surface area (Å²) in [6.07, 6.45) is -4.52. The average molecular weight is 434 g/mol. The van der Waals surface area contributed by atoms with E-state index in [1.165, 1.54) is 6.92 Å². The Bertz CT molecular complexity index is 932. The molecule has 30 heavy (non-hydrogen) atoms. The van der Waals surface area contributed by atoms with Crippen LogP contribution in [0, 0.1) is 10.1 Å². The lowest BCUT2D eigenvalue weighted by Gasteiger charge is -2.16. The second-order valence-corrected chi connectivity index (χ2v) is 5.97. The Morgan fingerprint density at radius 2 is 1.73 bits per heavy atom. The van der Waals surface area contributed by atoms with Gasteiger partial charge in [-0.2, -0.15) is 22.0 Å². The number of benzene rings is 2. The Morgan fingerprint density at radius 3 is 2.20 bits per heavy atom. The number of nitrogens with zero attached hydrogens (tertiary/aromatic N) is 1. The van der Waals surface area contributed by atoms with Crippen LogP contribution in [0.3, 0.4) is 0 Å². The van der Waals surface area contributed by atoms with Gasteiger partial charge in [0, 0.05) is 6.07 Å². The van der Waals surface area contributed by atoms with E-state index in [1.807, 2.05) is 0 Å². The Labute approximate surface area is 166 Å². The summed E-state index contributed by atoms with van der Waals surface area (Å²) in [6, 6.07) is 4.65. The summed E-state index contributed by atoms with van der Waals surface area (Å²) in [4.78, 5) is 22.9. The lowest BCUT2D eigenvalue weighted by Crippen LogP contribution is -2.27. The quantitative estimate of drug-likeness (QED) is 0.387. The maximum Gasteiger partial charge on any atom is 0.416 e. The molecule has 0 aromatic heterocycles. The number of amides is 1. The van der Waals surface area contributed by atoms with E-state index in [2.05, 4.69) is 10.1 Å². The molecule has 0 spiro atoms. The van der Waals surface area contributed by atoms with E-state index < -0.39 is 52.2 Å². The summed E-state index contributed by atoms with van der Waals surface area (Å²) in [7, 11) is 1.09. The highest BCUT2D eigenvalue weighted by molar-refractivity contribution is 5.99. The van der Waals surface area contributed by atoms with Crippen LogP contribution in [0.25, 0.3) is 0 Å². The number of carbonyl (C=O) groups excluding carboxylic acids is 1. The van der Waals surface area contributed by atoms with Gasteiger partial charge in [0.2, 0.25) is 0 Å². The predicted octanol–water partition coefficient (Wildman–Crippen LogP) is 4.71. The van der Waals surface area contributed by atoms with E-state index in [0.717, 1.165) is 37.4 Å². The second-order valence-electron chi connectivity index (χ2n) is 5.97. The van der Waals surface area contributed by atoms with Gasteiger partial charge >= 0.3 is 12.8 Å². The lowest BCUT2D eigenvalue weighted by molar-refractivity contribution is -0.385. The van der Waals surface area contributed by atoms with Crippen LogP contribution >= 0.6 is 0 Å². The van der Waals surface area contributed by atoms with Crippen LogP contribution < -0.4 is 14.8 Å². The minimum absolute atomic E-state index is 0.309. The summed E-state index contributed by atoms with van der Waals surface area (Å²) < 4.78 is 71.9. The number of alkyl halides is 5. The monoisotopic (exact) mass is 434 g/mol. The number of hydrogen-bond acceptors (Lipinski definition) is 5. The highest BCUT2D eigenvalue weighted by Gasteiger charge is 2.30. The summed E-state index contributed by atoms with van der Waals surface area (Å²) in [6.45, 7) is -1.82. The van der Waals surface area contributed by atoms with Gasteiger partial charge in [-0.1, -0.05) is 12.1 Å². The van der Waals surface area contributed by atoms with Gasteiger partial charge < -0.3 is 14.8 Å². The molecule has 0 saturated carbocycles. The van der Waals surface area contributed by atoms with Crippen molar-refractivity contribution in [3.63, 3.8) is 0 Å². The van der Waals surface area contributed by atoms with Crippen LogP contribution in [-0.4, -0.2) is 24.6 Å². The largest absolute Gasteiger partial charge is 0.493 e. The molecule has 162 valence electrons. The zero-order valence-corrected chi connectivity index (χ0v) is 15.5. The number of nitro benzene ring substituents is 1. The second kappa shape index (κ2) is 8.93. The first-order valence-corrected chi connectivity index (χ1v) is 8.23. The lowest BCUT2D eigenvalue weighted by atomic mass is 10.0. The summed E-state index contributed by atoms with van der Waals surface area (Å²) in [5.41, 5.74) is -1.89. The molecule has 0 saturated heterocycles. The van der Waals surface area contributed by atoms with Gasteiger partial charge in [0.1, 0.15) is 5.56 Å². The van der Waals surface area contributed by atoms with Crippen molar-refractivity contribution in [3.05, 3.63) is 63.2 Å². The Kier molecular flexibility index (Phi) is 6.80. The third kappa shape index (κ3) is 5.33. The number of hydrogen-bond donors (Lipinski definition) is 1. The van der Waals surface area contributed by atoms with E-state index in [-0.39, 0.29) is 5.75 Å². The molecule has 0 aliphatic rings. The summed E-state index contributed by atoms with van der Waals surface area (Å²) >= 11 is 0. The van der Waals surface area contributed by atoms with Crippen molar-refractivity contribution in [1.82, 2.24) is 5.32 Å². The van der Waals surface area contributed by atoms with E-state index >= 15 is 0 Å². The third-order valence-electron chi connectivity index (χ3n) is 4.02. The highest BCUT2D eigenvalue weighted by Crippen LogP contribution is 2.36. The molecule has 2 aromatic rings. The SMILES string of the molecule is COc1cc(C(=O)NC(C)c2ccc(C(F)(F)F)cc2)c([N+](=O)[O-])cc1OC(F)F. The molecule has 0 aliphatic carbocycles. The van der Waals surface area contributed by atoms with Crippen LogP contribution in [0.15, 0.2) is 36.4 Å². The molecule has 0 heterocycles. The standard InChI is InChI=1S/C18H15F5N2O5/c1-9(10-3-5-11(6-4-10)18(21,22)23)24-16(26)12-7-14(29-2)15(30-17(19)20)8-13(12)25(27)28/h3-9,17H,1-2H3,(H,24,26). The minimum atomic E-state index is -4.52. The summed E-state index contributed by atoms with van der Waals surface area (Å²) in [5.74, 6) is -1.93. The first-order valence-electron chi connectivity index (χ1n) is 8.23. The maximum absolute atomic E-state index is 12.7. The van der Waals surface area contributed by atoms with Gasteiger partial charge in [0.05, 0.1) is 29.7 Å². The first-order chi connectivity index (χ1) is 13.9. The van der Waals surface area contributed by atoms with Crippen molar-refractivity contribution in [2.45, 2.75) is 25.8 Å². The summed E-state index contributed by atoms with van der Waals surface area (Å²) in [5, 5.41) is 13.7. The molecule has 1 N–H and O–H groups in total. The molecular weight excluding hydrogens is 419 g/mol. The third-order valence-corrected chi connectivity index (χ3v) is 4.02. The molecule has 7 nitrogen and oxygen atoms in total. The zero-order valence-electron chi connectivity index (χ0n) is 15.5. The molecule has 2 aromatic carbocycles. The molecule has 0 radical (unpaired) electrons. The normalized spacial score (nSPS) is 12.4. The Balaban J connectivity index is 2.32. The van der Waals surface area contributed by atoms with Crippen molar-refractivity contribution in [2.75, 3.05) is 7.11 Å². The Morgan fingerprint density at radius 1 is 1.13 bits per heavy atom. The molecule has 1 atom stereocenters. The van der Waals surface area contributed by atoms with Crippen LogP contribution in [0.1, 0.15) is 34.5 Å². The van der Waals surface area contributed by atoms with Crippen molar-refractivity contribution >= 4 is 11.6 Å². The zero-order chi connectivity index (χ0) is 22.6. The van der Waals surface area contributed by atoms with E-state index in [0.29, 0.717) is 11.6 Å². The average Bonchev–Trinajstić information content (AvgIpc) is 2.66. The first kappa shape index (κ1) is 22.8. The molecule has 1 amide bonds. The molecule has 12 heteroatoms. The van der Waals surface area contributed by atoms with Gasteiger partial charge in [-0.05, 0) is 24.6 Å². The number of ether oxygens (including phenoxy) is 2. The van der Waals surface area contributed by atoms with E-state index in [1.54, 1.807) is 0 Å². The van der Waals surface area contributed by atoms with Crippen LogP contribution in [0.5, 0.6) is 11.5 Å². The number of halogens is 5. The number of nitro groups is 1. The topological polar surface area (TPSA) is 90.7 Å². The predicted molar refractivity (Wildman–Crippen MR) is 93.6 cm³/mol. The fourth-order valence-corrected chi connectivity index (χ4v) is 2.55. The van der Waals surface area contributed by atoms with Gasteiger partial charge in [-0.25, -0.2) is 0 Å². The van der Waals surface area contributed by atoms with E-state index in [4.69, 9.17) is 4.74 Å². The van der Waals surface area contributed by atoms with Crippen molar-refractivity contribution in [1.29, 1.82) is 0 Å². The smallest absolute Gasteiger partial charge is 0.416 e. The number of rotatable bonds is 7. The van der Waals surface area contributed by atoms with E-state index in [9.17, 15) is 36.9 Å². The molecular formula is C18H15F5N2O5. The molecule has 2 rings (SSSR count). The fraction of sp³-hybridized carbons (Fsp3) is 0.278. The minimum Gasteiger partial charge on any atom is -0.493 e. The van der Waals surface area contributed by atoms with Gasteiger partial charge in [-0.3, -0.25) is 14.9 Å². The molecule has 0 aliphatic heterocycles. The molecule has 1 unspecified atom stereocenters. The van der Waals surface area contributed by atoms with Crippen molar-refractivity contribution in [3.8, 4) is 11.5 Å². The highest BCUT2D eigenvalue weighted by atomic mass is 19.4. The van der Waals surface area contributed by atoms with Crippen molar-refractivity contribution in [2.24, 2.45) is 0 Å². The Hall–Kier alpha value is -3.44. The van der Waals surface area contributed by atoms with Crippen molar-refractivity contribution < 1.29 is 41.1 Å². The van der Waals surface area contributed by atoms with Gasteiger partial charge in [0.25, 0.3) is 11.6 Å². The fourth-order valence-electron chi connectivity index (χ4n) is 2.55. The number of carbonyl (C=O) groups is 1. The van der Waals surface area contributed by atoms with Gasteiger partial charge in [-0.15, -0.1) is 0 Å². The van der Waals surface area contributed by atoms with Crippen LogP contribution in [0.4, 0.5) is 27.6 Å². The van der Waals surface area contributed by atoms with Crippen LogP contribution in [0.2, 0.25) is 0 Å². The van der Waals surface area contributed by atoms with Crippen LogP contribution in [-0.2, 0) is 6.18 Å². The molecule has 0 fully saturated rings. The number of nitrogens with one attached hydrogen (secondary N) is 1. The van der Waals surface area contributed by atoms with Gasteiger partial charge in [0.15, 0.2) is 11.5 Å².